The number of hydrogen-bond donors (Lipinski definition) is 1. The van der Waals surface area contributed by atoms with E-state index in [4.69, 9.17) is 12.2 Å². The van der Waals surface area contributed by atoms with Crippen LogP contribution >= 0.6 is 34.8 Å². The summed E-state index contributed by atoms with van der Waals surface area (Å²) in [5.74, 6) is 1.59. The van der Waals surface area contributed by atoms with Crippen molar-refractivity contribution >= 4 is 56.6 Å². The Morgan fingerprint density at radius 3 is 2.83 bits per heavy atom. The van der Waals surface area contributed by atoms with E-state index in [0.717, 1.165) is 40.2 Å². The Hall–Kier alpha value is -0.210. The van der Waals surface area contributed by atoms with Crippen LogP contribution in [0.25, 0.3) is 11.0 Å². The third-order valence-corrected chi connectivity index (χ3v) is 5.75. The maximum Gasteiger partial charge on any atom is 0.178 e. The molecule has 1 aliphatic rings. The number of H-pyrrole nitrogens is 1. The van der Waals surface area contributed by atoms with Gasteiger partial charge >= 0.3 is 0 Å². The number of halogens is 1. The third-order valence-electron chi connectivity index (χ3n) is 3.40. The van der Waals surface area contributed by atoms with Crippen molar-refractivity contribution in [3.8, 4) is 0 Å². The van der Waals surface area contributed by atoms with E-state index in [1.165, 1.54) is 3.57 Å². The van der Waals surface area contributed by atoms with Gasteiger partial charge in [0.2, 0.25) is 0 Å². The molecule has 0 bridgehead atoms. The molecule has 3 nitrogen and oxygen atoms in total. The molecular formula is C12H13IN2OS2. The Bertz CT molecular complexity index is 666. The van der Waals surface area contributed by atoms with Crippen LogP contribution in [-0.4, -0.2) is 25.3 Å². The summed E-state index contributed by atoms with van der Waals surface area (Å²) in [5.41, 5.74) is 2.26. The largest absolute Gasteiger partial charge is 0.331 e. The number of benzene rings is 1. The molecule has 0 unspecified atom stereocenters. The number of fused-ring (bicyclic) bond motifs is 1. The van der Waals surface area contributed by atoms with Crippen LogP contribution in [0.5, 0.6) is 0 Å². The van der Waals surface area contributed by atoms with Gasteiger partial charge in [-0.2, -0.15) is 0 Å². The van der Waals surface area contributed by atoms with Gasteiger partial charge in [0.15, 0.2) is 4.77 Å². The van der Waals surface area contributed by atoms with Crippen LogP contribution in [0.1, 0.15) is 18.9 Å². The molecule has 6 heteroatoms. The number of rotatable bonds is 1. The lowest BCUT2D eigenvalue weighted by Gasteiger charge is -2.23. The third kappa shape index (κ3) is 2.30. The highest BCUT2D eigenvalue weighted by atomic mass is 127. The van der Waals surface area contributed by atoms with Crippen LogP contribution in [-0.2, 0) is 10.8 Å². The summed E-state index contributed by atoms with van der Waals surface area (Å²) in [6, 6.07) is 6.73. The van der Waals surface area contributed by atoms with Gasteiger partial charge in [0.1, 0.15) is 0 Å². The van der Waals surface area contributed by atoms with E-state index in [1.807, 2.05) is 0 Å². The first-order valence-electron chi connectivity index (χ1n) is 5.90. The molecule has 3 rings (SSSR count). The first-order chi connectivity index (χ1) is 8.65. The average molecular weight is 392 g/mol. The van der Waals surface area contributed by atoms with Gasteiger partial charge in [-0.05, 0) is 65.8 Å². The van der Waals surface area contributed by atoms with E-state index in [2.05, 4.69) is 50.3 Å². The molecule has 1 saturated heterocycles. The fraction of sp³-hybridized carbons (Fsp3) is 0.417. The summed E-state index contributed by atoms with van der Waals surface area (Å²) in [4.78, 5) is 3.27. The monoisotopic (exact) mass is 392 g/mol. The predicted molar refractivity (Wildman–Crippen MR) is 86.0 cm³/mol. The minimum absolute atomic E-state index is 0.393. The molecule has 0 atom stereocenters. The first-order valence-corrected chi connectivity index (χ1v) is 8.87. The molecule has 1 aliphatic heterocycles. The highest BCUT2D eigenvalue weighted by Crippen LogP contribution is 2.28. The summed E-state index contributed by atoms with van der Waals surface area (Å²) in [5, 5.41) is 0. The maximum absolute atomic E-state index is 11.4. The summed E-state index contributed by atoms with van der Waals surface area (Å²) < 4.78 is 15.6. The zero-order valence-corrected chi connectivity index (χ0v) is 13.5. The zero-order valence-electron chi connectivity index (χ0n) is 9.69. The van der Waals surface area contributed by atoms with Gasteiger partial charge in [0.25, 0.3) is 0 Å². The summed E-state index contributed by atoms with van der Waals surface area (Å²) >= 11 is 7.74. The molecule has 18 heavy (non-hydrogen) atoms. The van der Waals surface area contributed by atoms with Crippen molar-refractivity contribution in [1.82, 2.24) is 9.55 Å². The Morgan fingerprint density at radius 1 is 1.39 bits per heavy atom. The van der Waals surface area contributed by atoms with E-state index >= 15 is 0 Å². The van der Waals surface area contributed by atoms with Gasteiger partial charge in [0.05, 0.1) is 11.0 Å². The number of hydrogen-bond acceptors (Lipinski definition) is 2. The van der Waals surface area contributed by atoms with Crippen LogP contribution in [0.3, 0.4) is 0 Å². The average Bonchev–Trinajstić information content (AvgIpc) is 2.65. The first kappa shape index (κ1) is 12.8. The topological polar surface area (TPSA) is 37.8 Å². The van der Waals surface area contributed by atoms with Gasteiger partial charge in [-0.3, -0.25) is 4.21 Å². The van der Waals surface area contributed by atoms with Crippen LogP contribution in [0.2, 0.25) is 0 Å². The molecule has 0 saturated carbocycles. The molecule has 1 aromatic heterocycles. The Balaban J connectivity index is 2.08. The lowest BCUT2D eigenvalue weighted by Crippen LogP contribution is -2.21. The molecule has 0 spiro atoms. The van der Waals surface area contributed by atoms with Crippen molar-refractivity contribution in [2.75, 3.05) is 11.5 Å². The van der Waals surface area contributed by atoms with Gasteiger partial charge in [-0.1, -0.05) is 0 Å². The smallest absolute Gasteiger partial charge is 0.178 e. The highest BCUT2D eigenvalue weighted by Gasteiger charge is 2.21. The summed E-state index contributed by atoms with van der Waals surface area (Å²) in [7, 11) is -0.625. The minimum Gasteiger partial charge on any atom is -0.331 e. The van der Waals surface area contributed by atoms with Gasteiger partial charge < -0.3 is 9.55 Å². The van der Waals surface area contributed by atoms with E-state index in [1.54, 1.807) is 0 Å². The number of imidazole rings is 1. The van der Waals surface area contributed by atoms with Crippen LogP contribution in [0.4, 0.5) is 0 Å². The summed E-state index contributed by atoms with van der Waals surface area (Å²) in [6.07, 6.45) is 1.92. The Kier molecular flexibility index (Phi) is 3.59. The molecule has 0 aliphatic carbocycles. The number of aromatic nitrogens is 2. The van der Waals surface area contributed by atoms with Crippen molar-refractivity contribution in [2.45, 2.75) is 18.9 Å². The van der Waals surface area contributed by atoms with Crippen molar-refractivity contribution in [2.24, 2.45) is 0 Å². The highest BCUT2D eigenvalue weighted by molar-refractivity contribution is 14.1. The van der Waals surface area contributed by atoms with Crippen LogP contribution in [0, 0.1) is 8.34 Å². The number of nitrogens with zero attached hydrogens (tertiary/aromatic N) is 1. The van der Waals surface area contributed by atoms with E-state index in [0.29, 0.717) is 6.04 Å². The molecule has 2 heterocycles. The standard InChI is InChI=1S/C12H13IN2OS2/c13-8-1-2-11-10(7-8)14-12(17)15(11)9-3-5-18(16)6-4-9/h1-2,7,9H,3-6H2,(H,14,17). The number of aromatic amines is 1. The molecule has 0 amide bonds. The Morgan fingerprint density at radius 2 is 2.11 bits per heavy atom. The molecule has 96 valence electrons. The lowest BCUT2D eigenvalue weighted by atomic mass is 10.1. The van der Waals surface area contributed by atoms with Gasteiger partial charge in [-0.25, -0.2) is 0 Å². The molecule has 1 aromatic carbocycles. The molecule has 1 N–H and O–H groups in total. The van der Waals surface area contributed by atoms with E-state index in [-0.39, 0.29) is 0 Å². The van der Waals surface area contributed by atoms with E-state index in [9.17, 15) is 4.21 Å². The second kappa shape index (κ2) is 5.05. The molecule has 1 fully saturated rings. The second-order valence-corrected chi connectivity index (χ2v) is 7.87. The van der Waals surface area contributed by atoms with Crippen molar-refractivity contribution in [1.29, 1.82) is 0 Å². The second-order valence-electron chi connectivity index (χ2n) is 4.54. The summed E-state index contributed by atoms with van der Waals surface area (Å²) in [6.45, 7) is 0. The molecule has 0 radical (unpaired) electrons. The number of nitrogens with one attached hydrogen (secondary N) is 1. The van der Waals surface area contributed by atoms with Crippen LogP contribution in [0.15, 0.2) is 18.2 Å². The van der Waals surface area contributed by atoms with Crippen molar-refractivity contribution < 1.29 is 4.21 Å². The van der Waals surface area contributed by atoms with Crippen molar-refractivity contribution in [3.05, 3.63) is 26.5 Å². The maximum atomic E-state index is 11.4. The minimum atomic E-state index is -0.625. The van der Waals surface area contributed by atoms with Gasteiger partial charge in [-0.15, -0.1) is 0 Å². The fourth-order valence-corrected chi connectivity index (χ4v) is 4.63. The normalized spacial score (nSPS) is 24.5. The lowest BCUT2D eigenvalue weighted by molar-refractivity contribution is 0.468. The quantitative estimate of drug-likeness (QED) is 0.597. The van der Waals surface area contributed by atoms with E-state index < -0.39 is 10.8 Å². The Labute approximate surface area is 127 Å². The fourth-order valence-electron chi connectivity index (χ4n) is 2.51. The SMILES string of the molecule is O=S1CCC(n2c(=S)[nH]c3cc(I)ccc32)CC1. The van der Waals surface area contributed by atoms with Crippen molar-refractivity contribution in [3.63, 3.8) is 0 Å². The molecular weight excluding hydrogens is 379 g/mol. The zero-order chi connectivity index (χ0) is 12.7. The van der Waals surface area contributed by atoms with Crippen LogP contribution < -0.4 is 0 Å². The molecule has 2 aromatic rings. The van der Waals surface area contributed by atoms with Gasteiger partial charge in [0, 0.05) is 31.9 Å². The predicted octanol–water partition coefficient (Wildman–Crippen LogP) is 3.39.